The van der Waals surface area contributed by atoms with Crippen molar-refractivity contribution >= 4 is 0 Å². The first-order valence-electron chi connectivity index (χ1n) is 1.39. The van der Waals surface area contributed by atoms with Gasteiger partial charge in [0.25, 0.3) is 0 Å². The van der Waals surface area contributed by atoms with Crippen molar-refractivity contribution in [1.82, 2.24) is 0 Å². The third kappa shape index (κ3) is 4.54. The molecule has 0 aliphatic rings. The number of hydrogen-bond acceptors (Lipinski definition) is 2. The maximum atomic E-state index is 8.17. The summed E-state index contributed by atoms with van der Waals surface area (Å²) < 4.78 is -0.435. The van der Waals surface area contributed by atoms with Crippen molar-refractivity contribution in [3.05, 3.63) is 0 Å². The van der Waals surface area contributed by atoms with Crippen LogP contribution < -0.4 is 0 Å². The van der Waals surface area contributed by atoms with Gasteiger partial charge in [-0.1, -0.05) is 0 Å². The minimum atomic E-state index is -0.435. The fourth-order valence-corrected chi connectivity index (χ4v) is 0. The van der Waals surface area contributed by atoms with Crippen LogP contribution >= 0.6 is 0 Å². The Kier molecular flexibility index (Phi) is 3.06. The molecule has 2 nitrogen and oxygen atoms in total. The van der Waals surface area contributed by atoms with Gasteiger partial charge in [0.2, 0.25) is 0 Å². The van der Waals surface area contributed by atoms with Gasteiger partial charge in [0.15, 0.2) is 0 Å². The van der Waals surface area contributed by atoms with E-state index in [-0.39, 0.29) is 6.61 Å². The van der Waals surface area contributed by atoms with E-state index in [1.165, 1.54) is 0 Å². The number of rotatable bonds is 1. The van der Waals surface area contributed by atoms with E-state index < -0.39 is 4.70 Å². The van der Waals surface area contributed by atoms with Crippen molar-refractivity contribution in [3.8, 4) is 0 Å². The zero-order valence-corrected chi connectivity index (χ0v) is 5.85. The second-order valence-electron chi connectivity index (χ2n) is 0.836. The molecule has 0 rings (SSSR count). The first kappa shape index (κ1) is 5.54. The molecule has 0 spiro atoms. The van der Waals surface area contributed by atoms with Crippen LogP contribution in [0.2, 0.25) is 0 Å². The van der Waals surface area contributed by atoms with Gasteiger partial charge in [-0.25, -0.2) is 0 Å². The van der Waals surface area contributed by atoms with E-state index in [9.17, 15) is 0 Å². The molecule has 0 saturated heterocycles. The summed E-state index contributed by atoms with van der Waals surface area (Å²) in [5.41, 5.74) is 0. The summed E-state index contributed by atoms with van der Waals surface area (Å²) in [6.07, 6.45) is 0. The number of aliphatic hydroxyl groups is 2. The summed E-state index contributed by atoms with van der Waals surface area (Å²) in [6, 6.07) is 0. The Morgan fingerprint density at radius 3 is 2.00 bits per heavy atom. The Labute approximate surface area is 40.5 Å². The van der Waals surface area contributed by atoms with Crippen LogP contribution in [0.1, 0.15) is 0 Å². The van der Waals surface area contributed by atoms with E-state index in [2.05, 4.69) is 0 Å². The van der Waals surface area contributed by atoms with Gasteiger partial charge in [-0.05, 0) is 0 Å². The molecule has 1 atom stereocenters. The molecule has 0 aromatic carbocycles. The van der Waals surface area contributed by atoms with Gasteiger partial charge in [0, 0.05) is 0 Å². The van der Waals surface area contributed by atoms with Crippen LogP contribution in [-0.4, -0.2) is 21.5 Å². The van der Waals surface area contributed by atoms with Crippen molar-refractivity contribution in [2.45, 2.75) is 4.70 Å². The molecule has 0 aliphatic heterocycles. The molecule has 0 amide bonds. The van der Waals surface area contributed by atoms with Crippen LogP contribution in [0.3, 0.4) is 0 Å². The van der Waals surface area contributed by atoms with E-state index >= 15 is 0 Å². The van der Waals surface area contributed by atoms with E-state index in [4.69, 9.17) is 10.2 Å². The van der Waals surface area contributed by atoms with E-state index in [0.29, 0.717) is 0 Å². The molecule has 0 fully saturated rings. The second kappa shape index (κ2) is 2.76. The zero-order valence-electron chi connectivity index (χ0n) is 2.89. The van der Waals surface area contributed by atoms with Gasteiger partial charge in [-0.2, -0.15) is 0 Å². The van der Waals surface area contributed by atoms with Crippen LogP contribution in [-0.2, 0) is 18.3 Å². The fourth-order valence-electron chi connectivity index (χ4n) is 0. The summed E-state index contributed by atoms with van der Waals surface area (Å²) in [6.45, 7) is -0.0833. The third-order valence-electron chi connectivity index (χ3n) is 0.211. The topological polar surface area (TPSA) is 40.5 Å². The molecule has 0 heterocycles. The van der Waals surface area contributed by atoms with Gasteiger partial charge in [0.05, 0.1) is 0 Å². The van der Waals surface area contributed by atoms with Crippen LogP contribution in [0.25, 0.3) is 0 Å². The first-order chi connectivity index (χ1) is 2.27. The zero-order chi connectivity index (χ0) is 4.28. The summed E-state index contributed by atoms with van der Waals surface area (Å²) in [4.78, 5) is 0. The Hall–Kier alpha value is 0.543. The molecule has 5 heavy (non-hydrogen) atoms. The summed E-state index contributed by atoms with van der Waals surface area (Å²) >= 11 is 0.760. The van der Waals surface area contributed by atoms with E-state index in [0.717, 1.165) is 18.3 Å². The molecule has 0 aromatic heterocycles. The fraction of sp³-hybridized carbons (Fsp3) is 1.00. The van der Waals surface area contributed by atoms with E-state index in [1.54, 1.807) is 0 Å². The molecular formula is C2H5O2Zn. The van der Waals surface area contributed by atoms with Gasteiger partial charge < -0.3 is 0 Å². The average Bonchev–Trinajstić information content (AvgIpc) is 1.38. The normalized spacial score (nSPS) is 15.2. The van der Waals surface area contributed by atoms with E-state index in [1.807, 2.05) is 0 Å². The van der Waals surface area contributed by atoms with Crippen LogP contribution in [0.15, 0.2) is 0 Å². The monoisotopic (exact) mass is 125 g/mol. The molecule has 0 aromatic rings. The standard InChI is InChI=1S/C2H5O2.Zn/c3-1-2-4;/h1,3-4H,2H2;. The summed E-state index contributed by atoms with van der Waals surface area (Å²) in [5.74, 6) is 0. The second-order valence-corrected chi connectivity index (χ2v) is 2.81. The van der Waals surface area contributed by atoms with Crippen molar-refractivity contribution in [3.63, 3.8) is 0 Å². The van der Waals surface area contributed by atoms with Crippen molar-refractivity contribution in [1.29, 1.82) is 0 Å². The van der Waals surface area contributed by atoms with Crippen molar-refractivity contribution in [2.75, 3.05) is 6.61 Å². The third-order valence-corrected chi connectivity index (χ3v) is 0.752. The molecular weight excluding hydrogens is 121 g/mol. The molecule has 27 valence electrons. The summed E-state index contributed by atoms with van der Waals surface area (Å²) in [7, 11) is 0. The Balaban J connectivity index is 2.54. The Morgan fingerprint density at radius 2 is 2.00 bits per heavy atom. The number of aliphatic hydroxyl groups excluding tert-OH is 2. The van der Waals surface area contributed by atoms with Gasteiger partial charge in [0.1, 0.15) is 0 Å². The van der Waals surface area contributed by atoms with Gasteiger partial charge in [-0.15, -0.1) is 0 Å². The molecule has 1 unspecified atom stereocenters. The predicted molar refractivity (Wildman–Crippen MR) is 13.1 cm³/mol. The Bertz CT molecular complexity index is 21.6. The molecule has 3 heteroatoms. The molecule has 2 N–H and O–H groups in total. The minimum absolute atomic E-state index is 0.0833. The quantitative estimate of drug-likeness (QED) is 0.436. The molecule has 0 bridgehead atoms. The Morgan fingerprint density at radius 1 is 1.80 bits per heavy atom. The summed E-state index contributed by atoms with van der Waals surface area (Å²) in [5, 5.41) is 16.1. The van der Waals surface area contributed by atoms with Crippen LogP contribution in [0, 0.1) is 0 Å². The van der Waals surface area contributed by atoms with Crippen LogP contribution in [0.5, 0.6) is 0 Å². The van der Waals surface area contributed by atoms with Crippen molar-refractivity contribution in [2.24, 2.45) is 0 Å². The molecule has 0 saturated carbocycles. The molecule has 0 radical (unpaired) electrons. The van der Waals surface area contributed by atoms with Gasteiger partial charge >= 0.3 is 39.8 Å². The molecule has 0 aliphatic carbocycles. The first-order valence-corrected chi connectivity index (χ1v) is 3.10. The van der Waals surface area contributed by atoms with Crippen LogP contribution in [0.4, 0.5) is 0 Å². The van der Waals surface area contributed by atoms with Gasteiger partial charge in [-0.3, -0.25) is 0 Å². The van der Waals surface area contributed by atoms with Crippen molar-refractivity contribution < 1.29 is 28.5 Å². The average molecular weight is 126 g/mol. The predicted octanol–water partition coefficient (Wildman–Crippen LogP) is -1.16. The SMILES string of the molecule is OC[CH](O)[Zn]. The number of hydrogen-bond donors (Lipinski definition) is 2. The maximum absolute atomic E-state index is 8.17.